The predicted octanol–water partition coefficient (Wildman–Crippen LogP) is 4.31. The summed E-state index contributed by atoms with van der Waals surface area (Å²) in [5, 5.41) is 6.42. The third kappa shape index (κ3) is 3.32. The van der Waals surface area contributed by atoms with Crippen LogP contribution in [0.5, 0.6) is 0 Å². The molecule has 0 unspecified atom stereocenters. The van der Waals surface area contributed by atoms with E-state index in [1.54, 1.807) is 11.3 Å². The zero-order valence-electron chi connectivity index (χ0n) is 10.1. The van der Waals surface area contributed by atoms with Gasteiger partial charge in [-0.2, -0.15) is 0 Å². The van der Waals surface area contributed by atoms with Crippen molar-refractivity contribution in [1.82, 2.24) is 5.32 Å². The Balaban J connectivity index is 1.90. The van der Waals surface area contributed by atoms with Gasteiger partial charge in [0.1, 0.15) is 0 Å². The number of hydrogen-bond acceptors (Lipinski definition) is 2. The summed E-state index contributed by atoms with van der Waals surface area (Å²) in [6.07, 6.45) is 0. The van der Waals surface area contributed by atoms with Crippen molar-refractivity contribution >= 4 is 22.9 Å². The van der Waals surface area contributed by atoms with E-state index in [1.807, 2.05) is 13.0 Å². The number of halogens is 1. The van der Waals surface area contributed by atoms with Gasteiger partial charge in [0.15, 0.2) is 0 Å². The van der Waals surface area contributed by atoms with Gasteiger partial charge in [-0.3, -0.25) is 0 Å². The number of rotatable bonds is 4. The first-order valence-electron chi connectivity index (χ1n) is 5.65. The SMILES string of the molecule is Cc1ccc(CNCc2sccc2C)cc1Cl. The summed E-state index contributed by atoms with van der Waals surface area (Å²) >= 11 is 7.89. The Morgan fingerprint density at radius 2 is 1.94 bits per heavy atom. The molecule has 17 heavy (non-hydrogen) atoms. The molecule has 1 heterocycles. The van der Waals surface area contributed by atoms with Crippen LogP contribution < -0.4 is 5.32 Å². The van der Waals surface area contributed by atoms with Crippen LogP contribution in [-0.2, 0) is 13.1 Å². The molecule has 0 radical (unpaired) electrons. The largest absolute Gasteiger partial charge is 0.308 e. The molecule has 0 bridgehead atoms. The molecule has 0 aliphatic rings. The highest BCUT2D eigenvalue weighted by Gasteiger charge is 2.00. The Bertz CT molecular complexity index is 505. The van der Waals surface area contributed by atoms with E-state index in [9.17, 15) is 0 Å². The molecule has 1 aromatic heterocycles. The van der Waals surface area contributed by atoms with E-state index in [4.69, 9.17) is 11.6 Å². The van der Waals surface area contributed by atoms with Gasteiger partial charge in [0.05, 0.1) is 0 Å². The van der Waals surface area contributed by atoms with Crippen LogP contribution in [0, 0.1) is 13.8 Å². The van der Waals surface area contributed by atoms with E-state index in [-0.39, 0.29) is 0 Å². The van der Waals surface area contributed by atoms with Crippen LogP contribution in [0.15, 0.2) is 29.6 Å². The minimum atomic E-state index is 0.844. The highest BCUT2D eigenvalue weighted by atomic mass is 35.5. The molecular formula is C14H16ClNS. The highest BCUT2D eigenvalue weighted by molar-refractivity contribution is 7.10. The Morgan fingerprint density at radius 3 is 2.59 bits per heavy atom. The molecule has 0 aliphatic heterocycles. The van der Waals surface area contributed by atoms with Crippen molar-refractivity contribution in [2.45, 2.75) is 26.9 Å². The molecular weight excluding hydrogens is 250 g/mol. The van der Waals surface area contributed by atoms with Gasteiger partial charge in [-0.25, -0.2) is 0 Å². The molecule has 1 nitrogen and oxygen atoms in total. The van der Waals surface area contributed by atoms with Crippen molar-refractivity contribution in [1.29, 1.82) is 0 Å². The lowest BCUT2D eigenvalue weighted by atomic mass is 10.1. The smallest absolute Gasteiger partial charge is 0.0438 e. The maximum absolute atomic E-state index is 6.09. The monoisotopic (exact) mass is 265 g/mol. The zero-order chi connectivity index (χ0) is 12.3. The summed E-state index contributed by atoms with van der Waals surface area (Å²) in [5.74, 6) is 0. The van der Waals surface area contributed by atoms with Crippen LogP contribution in [0.3, 0.4) is 0 Å². The Morgan fingerprint density at radius 1 is 1.12 bits per heavy atom. The van der Waals surface area contributed by atoms with Crippen molar-refractivity contribution in [3.05, 3.63) is 56.2 Å². The molecule has 0 spiro atoms. The second-order valence-corrected chi connectivity index (χ2v) is 5.62. The maximum Gasteiger partial charge on any atom is 0.0438 e. The van der Waals surface area contributed by atoms with E-state index in [0.29, 0.717) is 0 Å². The lowest BCUT2D eigenvalue weighted by Gasteiger charge is -2.06. The fourth-order valence-electron chi connectivity index (χ4n) is 1.65. The molecule has 0 amide bonds. The molecule has 1 N–H and O–H groups in total. The van der Waals surface area contributed by atoms with Gasteiger partial charge in [-0.1, -0.05) is 23.7 Å². The zero-order valence-corrected chi connectivity index (χ0v) is 11.7. The highest BCUT2D eigenvalue weighted by Crippen LogP contribution is 2.17. The van der Waals surface area contributed by atoms with Gasteiger partial charge < -0.3 is 5.32 Å². The third-order valence-electron chi connectivity index (χ3n) is 2.82. The molecule has 0 aliphatic carbocycles. The van der Waals surface area contributed by atoms with Crippen molar-refractivity contribution < 1.29 is 0 Å². The average Bonchev–Trinajstić information content (AvgIpc) is 2.70. The summed E-state index contributed by atoms with van der Waals surface area (Å²) in [6, 6.07) is 8.38. The summed E-state index contributed by atoms with van der Waals surface area (Å²) in [6.45, 7) is 5.96. The summed E-state index contributed by atoms with van der Waals surface area (Å²) in [5.41, 5.74) is 3.73. The molecule has 0 saturated carbocycles. The summed E-state index contributed by atoms with van der Waals surface area (Å²) in [4.78, 5) is 1.41. The molecule has 1 aromatic carbocycles. The standard InChI is InChI=1S/C14H16ClNS/c1-10-3-4-12(7-13(10)15)8-16-9-14-11(2)5-6-17-14/h3-7,16H,8-9H2,1-2H3. The quantitative estimate of drug-likeness (QED) is 0.869. The van der Waals surface area contributed by atoms with Crippen LogP contribution in [0.25, 0.3) is 0 Å². The van der Waals surface area contributed by atoms with Gasteiger partial charge in [0.2, 0.25) is 0 Å². The van der Waals surface area contributed by atoms with E-state index >= 15 is 0 Å². The fraction of sp³-hybridized carbons (Fsp3) is 0.286. The number of aryl methyl sites for hydroxylation is 2. The normalized spacial score (nSPS) is 10.8. The van der Waals surface area contributed by atoms with E-state index < -0.39 is 0 Å². The minimum Gasteiger partial charge on any atom is -0.308 e. The molecule has 3 heteroatoms. The predicted molar refractivity (Wildman–Crippen MR) is 75.8 cm³/mol. The van der Waals surface area contributed by atoms with Crippen molar-refractivity contribution in [2.75, 3.05) is 0 Å². The number of benzene rings is 1. The third-order valence-corrected chi connectivity index (χ3v) is 4.25. The lowest BCUT2D eigenvalue weighted by molar-refractivity contribution is 0.698. The van der Waals surface area contributed by atoms with Gasteiger partial charge in [-0.05, 0) is 48.1 Å². The van der Waals surface area contributed by atoms with Crippen molar-refractivity contribution in [3.8, 4) is 0 Å². The Kier molecular flexibility index (Phi) is 4.21. The van der Waals surface area contributed by atoms with E-state index in [0.717, 1.165) is 23.7 Å². The number of nitrogens with one attached hydrogen (secondary N) is 1. The van der Waals surface area contributed by atoms with Crippen LogP contribution in [0.4, 0.5) is 0 Å². The van der Waals surface area contributed by atoms with Gasteiger partial charge in [-0.15, -0.1) is 11.3 Å². The summed E-state index contributed by atoms with van der Waals surface area (Å²) in [7, 11) is 0. The first kappa shape index (κ1) is 12.6. The van der Waals surface area contributed by atoms with Gasteiger partial charge in [0, 0.05) is 23.0 Å². The molecule has 90 valence electrons. The molecule has 2 aromatic rings. The first-order chi connectivity index (χ1) is 8.16. The van der Waals surface area contributed by atoms with Crippen molar-refractivity contribution in [3.63, 3.8) is 0 Å². The van der Waals surface area contributed by atoms with Crippen LogP contribution in [0.1, 0.15) is 21.6 Å². The van der Waals surface area contributed by atoms with Gasteiger partial charge >= 0.3 is 0 Å². The maximum atomic E-state index is 6.09. The average molecular weight is 266 g/mol. The number of hydrogen-bond donors (Lipinski definition) is 1. The van der Waals surface area contributed by atoms with E-state index in [1.165, 1.54) is 16.0 Å². The minimum absolute atomic E-state index is 0.844. The molecule has 0 saturated heterocycles. The Hall–Kier alpha value is -0.830. The second-order valence-electron chi connectivity index (χ2n) is 4.21. The van der Waals surface area contributed by atoms with E-state index in [2.05, 4.69) is 35.8 Å². The van der Waals surface area contributed by atoms with Crippen LogP contribution in [-0.4, -0.2) is 0 Å². The number of thiophene rings is 1. The van der Waals surface area contributed by atoms with Crippen molar-refractivity contribution in [2.24, 2.45) is 0 Å². The topological polar surface area (TPSA) is 12.0 Å². The molecule has 0 atom stereocenters. The fourth-order valence-corrected chi connectivity index (χ4v) is 2.73. The second kappa shape index (κ2) is 5.67. The Labute approximate surface area is 111 Å². The van der Waals surface area contributed by atoms with Crippen LogP contribution >= 0.6 is 22.9 Å². The molecule has 2 rings (SSSR count). The first-order valence-corrected chi connectivity index (χ1v) is 6.91. The van der Waals surface area contributed by atoms with Crippen LogP contribution in [0.2, 0.25) is 5.02 Å². The summed E-state index contributed by atoms with van der Waals surface area (Å²) < 4.78 is 0. The lowest BCUT2D eigenvalue weighted by Crippen LogP contribution is -2.12. The molecule has 0 fully saturated rings. The van der Waals surface area contributed by atoms with Gasteiger partial charge in [0.25, 0.3) is 0 Å².